The van der Waals surface area contributed by atoms with Crippen molar-refractivity contribution in [2.24, 2.45) is 5.92 Å². The average molecular weight is 986 g/mol. The molecule has 0 spiro atoms. The van der Waals surface area contributed by atoms with Gasteiger partial charge in [-0.05, 0) is 128 Å². The molecule has 2 unspecified atom stereocenters. The smallest absolute Gasteiger partial charge is 0.395 e. The topological polar surface area (TPSA) is 145 Å². The molecule has 1 amide bonds. The number of hydrogen-bond acceptors (Lipinski definition) is 11. The summed E-state index contributed by atoms with van der Waals surface area (Å²) in [4.78, 5) is 16.4. The van der Waals surface area contributed by atoms with Gasteiger partial charge in [-0.1, -0.05) is 66.2 Å². The van der Waals surface area contributed by atoms with Crippen LogP contribution in [0.25, 0.3) is 11.1 Å². The van der Waals surface area contributed by atoms with E-state index < -0.39 is 52.8 Å². The second kappa shape index (κ2) is 21.6. The van der Waals surface area contributed by atoms with Crippen molar-refractivity contribution in [1.82, 2.24) is 9.62 Å². The maximum absolute atomic E-state index is 14.2. The summed E-state index contributed by atoms with van der Waals surface area (Å²) in [5.74, 6) is -0.500. The SMILES string of the molecule is CO[C@@H](c1ccccc1-c1ccc(Cl)cc1)C1CCN(c2ccc(C(=O)NS(=O)(=O)c3ccc(NC(CSc4ccccc4)CC4CCCN4CCO)c(S(=O)(=O)C(F)(F)F)c3)cc2)CC1. The van der Waals surface area contributed by atoms with E-state index in [1.54, 1.807) is 19.2 Å². The van der Waals surface area contributed by atoms with Crippen LogP contribution in [0.2, 0.25) is 5.02 Å². The fourth-order valence-electron chi connectivity index (χ4n) is 8.89. The number of nitrogens with one attached hydrogen (secondary N) is 2. The lowest BCUT2D eigenvalue weighted by atomic mass is 9.84. The highest BCUT2D eigenvalue weighted by atomic mass is 35.5. The molecule has 3 atom stereocenters. The van der Waals surface area contributed by atoms with E-state index in [9.17, 15) is 39.9 Å². The van der Waals surface area contributed by atoms with Gasteiger partial charge in [-0.15, -0.1) is 11.8 Å². The summed E-state index contributed by atoms with van der Waals surface area (Å²) >= 11 is 7.58. The van der Waals surface area contributed by atoms with Crippen molar-refractivity contribution in [1.29, 1.82) is 0 Å². The number of sulfonamides is 1. The maximum atomic E-state index is 14.2. The molecule has 0 saturated carbocycles. The van der Waals surface area contributed by atoms with Gasteiger partial charge in [0.1, 0.15) is 4.90 Å². The predicted molar refractivity (Wildman–Crippen MR) is 253 cm³/mol. The lowest BCUT2D eigenvalue weighted by molar-refractivity contribution is -0.0435. The standard InChI is InChI=1S/C48H52ClF3N4O7S3/c1-63-46(43-12-6-5-11-42(43)33-13-17-36(49)18-14-33)34-23-26-56(27-24-34)38-19-15-35(16-20-38)47(58)54-66(61,62)41-21-22-44(45(31-41)65(59,60)48(50,51)52)53-37(32-64-40-9-3-2-4-10-40)30-39-8-7-25-55(39)28-29-57/h2-6,9-22,31,34,37,39,46,53,57H,7-8,23-30,32H2,1H3,(H,54,58)/t37?,39?,46-/m1/s1. The molecule has 0 aromatic heterocycles. The molecule has 66 heavy (non-hydrogen) atoms. The number of alkyl halides is 3. The molecule has 2 saturated heterocycles. The van der Waals surface area contributed by atoms with Crippen LogP contribution in [-0.4, -0.2) is 96.0 Å². The second-order valence-electron chi connectivity index (χ2n) is 16.4. The van der Waals surface area contributed by atoms with Crippen LogP contribution in [0.5, 0.6) is 0 Å². The van der Waals surface area contributed by atoms with E-state index in [1.165, 1.54) is 23.9 Å². The van der Waals surface area contributed by atoms with E-state index in [4.69, 9.17) is 16.3 Å². The number of ether oxygens (including phenoxy) is 1. The number of amides is 1. The minimum atomic E-state index is -6.09. The molecule has 5 aromatic carbocycles. The third-order valence-electron chi connectivity index (χ3n) is 12.2. The van der Waals surface area contributed by atoms with E-state index in [0.717, 1.165) is 71.6 Å². The summed E-state index contributed by atoms with van der Waals surface area (Å²) in [6.45, 7) is 2.46. The fraction of sp³-hybridized carbons (Fsp3) is 0.354. The zero-order chi connectivity index (χ0) is 47.1. The van der Waals surface area contributed by atoms with E-state index >= 15 is 0 Å². The van der Waals surface area contributed by atoms with E-state index in [1.807, 2.05) is 71.5 Å². The van der Waals surface area contributed by atoms with Crippen LogP contribution in [0.15, 0.2) is 136 Å². The number of sulfone groups is 1. The molecule has 2 fully saturated rings. The summed E-state index contributed by atoms with van der Waals surface area (Å²) in [7, 11) is -9.25. The van der Waals surface area contributed by atoms with Crippen molar-refractivity contribution in [3.63, 3.8) is 0 Å². The highest BCUT2D eigenvalue weighted by Gasteiger charge is 2.48. The number of carbonyl (C=O) groups excluding carboxylic acids is 1. The number of rotatable bonds is 18. The van der Waals surface area contributed by atoms with E-state index in [-0.39, 0.29) is 30.2 Å². The van der Waals surface area contributed by atoms with Crippen molar-refractivity contribution in [3.05, 3.63) is 137 Å². The third kappa shape index (κ3) is 11.7. The van der Waals surface area contributed by atoms with Gasteiger partial charge in [0.05, 0.1) is 23.3 Å². The molecule has 2 aliphatic heterocycles. The highest BCUT2D eigenvalue weighted by Crippen LogP contribution is 2.40. The monoisotopic (exact) mass is 984 g/mol. The number of benzene rings is 5. The van der Waals surface area contributed by atoms with Gasteiger partial charge >= 0.3 is 5.51 Å². The van der Waals surface area contributed by atoms with Crippen LogP contribution >= 0.6 is 23.4 Å². The van der Waals surface area contributed by atoms with Crippen molar-refractivity contribution in [2.75, 3.05) is 55.9 Å². The fourth-order valence-corrected chi connectivity index (χ4v) is 12.0. The number of anilines is 2. The summed E-state index contributed by atoms with van der Waals surface area (Å²) in [6.07, 6.45) is 3.51. The van der Waals surface area contributed by atoms with Gasteiger partial charge in [0.15, 0.2) is 0 Å². The molecule has 7 rings (SSSR count). The molecule has 11 nitrogen and oxygen atoms in total. The Morgan fingerprint density at radius 3 is 2.23 bits per heavy atom. The van der Waals surface area contributed by atoms with Gasteiger partial charge in [-0.3, -0.25) is 9.69 Å². The first-order chi connectivity index (χ1) is 31.6. The first-order valence-corrected chi connectivity index (χ1v) is 26.0. The van der Waals surface area contributed by atoms with Gasteiger partial charge in [-0.2, -0.15) is 13.2 Å². The Balaban J connectivity index is 1.04. The summed E-state index contributed by atoms with van der Waals surface area (Å²) < 4.78 is 104. The van der Waals surface area contributed by atoms with Gasteiger partial charge in [0, 0.05) is 65.7 Å². The normalized spacial score (nSPS) is 17.4. The second-order valence-corrected chi connectivity index (χ2v) is 21.5. The molecule has 3 N–H and O–H groups in total. The Morgan fingerprint density at radius 1 is 0.879 bits per heavy atom. The number of likely N-dealkylation sites (tertiary alicyclic amines) is 1. The number of aliphatic hydroxyl groups is 1. The molecule has 2 heterocycles. The van der Waals surface area contributed by atoms with Gasteiger partial charge in [0.25, 0.3) is 25.8 Å². The van der Waals surface area contributed by atoms with Gasteiger partial charge < -0.3 is 20.1 Å². The summed E-state index contributed by atoms with van der Waals surface area (Å²) in [5, 5.41) is 13.3. The Bertz CT molecular complexity index is 2660. The van der Waals surface area contributed by atoms with Crippen LogP contribution in [0.4, 0.5) is 24.5 Å². The molecule has 0 aliphatic carbocycles. The Morgan fingerprint density at radius 2 is 1.56 bits per heavy atom. The Labute approximate surface area is 393 Å². The van der Waals surface area contributed by atoms with Crippen molar-refractivity contribution in [2.45, 2.75) is 70.5 Å². The lowest BCUT2D eigenvalue weighted by Gasteiger charge is -2.37. The first-order valence-electron chi connectivity index (χ1n) is 21.6. The van der Waals surface area contributed by atoms with Crippen molar-refractivity contribution >= 4 is 60.5 Å². The number of piperidine rings is 1. The minimum absolute atomic E-state index is 0.0298. The van der Waals surface area contributed by atoms with Crippen LogP contribution in [0.3, 0.4) is 0 Å². The minimum Gasteiger partial charge on any atom is -0.395 e. The Kier molecular flexibility index (Phi) is 16.1. The third-order valence-corrected chi connectivity index (χ3v) is 16.5. The molecule has 2 aliphatic rings. The molecular weight excluding hydrogens is 933 g/mol. The number of nitrogens with zero attached hydrogens (tertiary/aromatic N) is 2. The molecule has 0 radical (unpaired) electrons. The number of carbonyl (C=O) groups is 1. The van der Waals surface area contributed by atoms with E-state index in [2.05, 4.69) is 27.2 Å². The van der Waals surface area contributed by atoms with Crippen LogP contribution in [-0.2, 0) is 24.6 Å². The molecule has 352 valence electrons. The maximum Gasteiger partial charge on any atom is 0.501 e. The van der Waals surface area contributed by atoms with Crippen LogP contribution in [0.1, 0.15) is 54.1 Å². The average Bonchev–Trinajstić information content (AvgIpc) is 3.75. The van der Waals surface area contributed by atoms with Crippen molar-refractivity contribution < 1.29 is 44.6 Å². The Hall–Kier alpha value is -4.62. The number of hydrogen-bond donors (Lipinski definition) is 3. The molecule has 5 aromatic rings. The van der Waals surface area contributed by atoms with Gasteiger partial charge in [-0.25, -0.2) is 21.6 Å². The number of β-amino-alcohol motifs (C(OH)–C–C–N with tert-alkyl or cyclic N) is 1. The zero-order valence-electron chi connectivity index (χ0n) is 36.2. The lowest BCUT2D eigenvalue weighted by Crippen LogP contribution is -2.38. The largest absolute Gasteiger partial charge is 0.501 e. The molecule has 18 heteroatoms. The number of thioether (sulfide) groups is 1. The predicted octanol–water partition coefficient (Wildman–Crippen LogP) is 9.44. The summed E-state index contributed by atoms with van der Waals surface area (Å²) in [5.41, 5.74) is -2.22. The van der Waals surface area contributed by atoms with Crippen molar-refractivity contribution in [3.8, 4) is 11.1 Å². The van der Waals surface area contributed by atoms with E-state index in [0.29, 0.717) is 42.9 Å². The summed E-state index contributed by atoms with van der Waals surface area (Å²) in [6, 6.07) is 33.3. The van der Waals surface area contributed by atoms with Gasteiger partial charge in [0.2, 0.25) is 0 Å². The molecule has 0 bridgehead atoms. The molecular formula is C48H52ClF3N4O7S3. The highest BCUT2D eigenvalue weighted by molar-refractivity contribution is 7.99. The van der Waals surface area contributed by atoms with Crippen LogP contribution < -0.4 is 14.9 Å². The quantitative estimate of drug-likeness (QED) is 0.0723. The first kappa shape index (κ1) is 49.3. The number of aliphatic hydroxyl groups excluding tert-OH is 1. The zero-order valence-corrected chi connectivity index (χ0v) is 39.4. The number of halogens is 4. The van der Waals surface area contributed by atoms with Crippen LogP contribution in [0, 0.1) is 5.92 Å². The number of methoxy groups -OCH3 is 1.